The quantitative estimate of drug-likeness (QED) is 0.751. The van der Waals surface area contributed by atoms with Gasteiger partial charge in [-0.2, -0.15) is 0 Å². The van der Waals surface area contributed by atoms with E-state index in [1.165, 1.54) is 0 Å². The van der Waals surface area contributed by atoms with E-state index in [0.717, 1.165) is 26.1 Å². The van der Waals surface area contributed by atoms with Crippen LogP contribution in [0.5, 0.6) is 0 Å². The van der Waals surface area contributed by atoms with E-state index in [4.69, 9.17) is 10.5 Å². The SMILES string of the molecule is CC(N)C(=O)NCC(C)(C)C1CCOCC1. The molecule has 1 aliphatic heterocycles. The number of rotatable bonds is 4. The highest BCUT2D eigenvalue weighted by atomic mass is 16.5. The van der Waals surface area contributed by atoms with Crippen LogP contribution in [-0.4, -0.2) is 31.7 Å². The normalized spacial score (nSPS) is 20.5. The molecule has 1 fully saturated rings. The standard InChI is InChI=1S/C12H24N2O2/c1-9(13)11(15)14-8-12(2,3)10-4-6-16-7-5-10/h9-10H,4-8,13H2,1-3H3,(H,14,15). The van der Waals surface area contributed by atoms with Gasteiger partial charge in [-0.1, -0.05) is 13.8 Å². The van der Waals surface area contributed by atoms with Gasteiger partial charge in [-0.15, -0.1) is 0 Å². The van der Waals surface area contributed by atoms with Gasteiger partial charge in [0.15, 0.2) is 0 Å². The molecule has 4 nitrogen and oxygen atoms in total. The lowest BCUT2D eigenvalue weighted by Crippen LogP contribution is -2.45. The van der Waals surface area contributed by atoms with Gasteiger partial charge >= 0.3 is 0 Å². The van der Waals surface area contributed by atoms with Crippen LogP contribution >= 0.6 is 0 Å². The maximum atomic E-state index is 11.4. The third kappa shape index (κ3) is 3.76. The fraction of sp³-hybridized carbons (Fsp3) is 0.917. The van der Waals surface area contributed by atoms with E-state index in [2.05, 4.69) is 19.2 Å². The molecule has 0 bridgehead atoms. The Morgan fingerprint density at radius 1 is 1.50 bits per heavy atom. The summed E-state index contributed by atoms with van der Waals surface area (Å²) in [4.78, 5) is 11.4. The monoisotopic (exact) mass is 228 g/mol. The Morgan fingerprint density at radius 3 is 2.56 bits per heavy atom. The Bertz CT molecular complexity index is 233. The number of hydrogen-bond acceptors (Lipinski definition) is 3. The van der Waals surface area contributed by atoms with Crippen molar-refractivity contribution >= 4 is 5.91 Å². The molecule has 3 N–H and O–H groups in total. The molecule has 1 aliphatic rings. The van der Waals surface area contributed by atoms with Crippen LogP contribution in [0, 0.1) is 11.3 Å². The molecule has 16 heavy (non-hydrogen) atoms. The van der Waals surface area contributed by atoms with Gasteiger partial charge in [-0.25, -0.2) is 0 Å². The van der Waals surface area contributed by atoms with Crippen molar-refractivity contribution in [1.29, 1.82) is 0 Å². The summed E-state index contributed by atoms with van der Waals surface area (Å²) in [6.45, 7) is 8.48. The van der Waals surface area contributed by atoms with Crippen LogP contribution < -0.4 is 11.1 Å². The van der Waals surface area contributed by atoms with Crippen LogP contribution in [-0.2, 0) is 9.53 Å². The van der Waals surface area contributed by atoms with Crippen LogP contribution in [0.15, 0.2) is 0 Å². The molecule has 1 saturated heterocycles. The number of nitrogens with two attached hydrogens (primary N) is 1. The Kier molecular flexibility index (Phi) is 4.74. The van der Waals surface area contributed by atoms with Crippen LogP contribution in [0.1, 0.15) is 33.6 Å². The molecule has 0 saturated carbocycles. The smallest absolute Gasteiger partial charge is 0.236 e. The Labute approximate surface area is 97.9 Å². The van der Waals surface area contributed by atoms with Gasteiger partial charge in [0.1, 0.15) is 0 Å². The third-order valence-corrected chi connectivity index (χ3v) is 3.46. The zero-order chi connectivity index (χ0) is 12.2. The first-order chi connectivity index (χ1) is 7.43. The second kappa shape index (κ2) is 5.64. The van der Waals surface area contributed by atoms with E-state index < -0.39 is 6.04 Å². The van der Waals surface area contributed by atoms with Gasteiger partial charge < -0.3 is 15.8 Å². The Balaban J connectivity index is 2.40. The molecule has 94 valence electrons. The molecule has 0 aliphatic carbocycles. The molecular weight excluding hydrogens is 204 g/mol. The summed E-state index contributed by atoms with van der Waals surface area (Å²) in [6, 6.07) is -0.425. The molecule has 1 amide bonds. The van der Waals surface area contributed by atoms with Gasteiger partial charge in [-0.05, 0) is 31.1 Å². The van der Waals surface area contributed by atoms with Crippen molar-refractivity contribution < 1.29 is 9.53 Å². The minimum atomic E-state index is -0.425. The molecule has 0 radical (unpaired) electrons. The van der Waals surface area contributed by atoms with Crippen molar-refractivity contribution in [3.05, 3.63) is 0 Å². The fourth-order valence-corrected chi connectivity index (χ4v) is 2.10. The second-order valence-corrected chi connectivity index (χ2v) is 5.38. The van der Waals surface area contributed by atoms with Crippen molar-refractivity contribution in [3.63, 3.8) is 0 Å². The van der Waals surface area contributed by atoms with Crippen molar-refractivity contribution in [3.8, 4) is 0 Å². The van der Waals surface area contributed by atoms with Crippen molar-refractivity contribution in [2.75, 3.05) is 19.8 Å². The second-order valence-electron chi connectivity index (χ2n) is 5.38. The van der Waals surface area contributed by atoms with Gasteiger partial charge in [0.05, 0.1) is 6.04 Å². The predicted molar refractivity (Wildman–Crippen MR) is 64.0 cm³/mol. The summed E-state index contributed by atoms with van der Waals surface area (Å²) in [5.41, 5.74) is 5.63. The van der Waals surface area contributed by atoms with Gasteiger partial charge in [0.2, 0.25) is 5.91 Å². The Morgan fingerprint density at radius 2 is 2.06 bits per heavy atom. The third-order valence-electron chi connectivity index (χ3n) is 3.46. The number of hydrogen-bond donors (Lipinski definition) is 2. The summed E-state index contributed by atoms with van der Waals surface area (Å²) in [5, 5.41) is 2.91. The highest BCUT2D eigenvalue weighted by Gasteiger charge is 2.31. The van der Waals surface area contributed by atoms with Crippen molar-refractivity contribution in [1.82, 2.24) is 5.32 Å². The van der Waals surface area contributed by atoms with E-state index >= 15 is 0 Å². The first-order valence-corrected chi connectivity index (χ1v) is 6.04. The van der Waals surface area contributed by atoms with Crippen molar-refractivity contribution in [2.45, 2.75) is 39.7 Å². The fourth-order valence-electron chi connectivity index (χ4n) is 2.10. The first-order valence-electron chi connectivity index (χ1n) is 6.04. The van der Waals surface area contributed by atoms with Gasteiger partial charge in [0.25, 0.3) is 0 Å². The molecule has 0 aromatic carbocycles. The average molecular weight is 228 g/mol. The molecule has 1 heterocycles. The Hall–Kier alpha value is -0.610. The van der Waals surface area contributed by atoms with Crippen LogP contribution in [0.3, 0.4) is 0 Å². The van der Waals surface area contributed by atoms with Crippen molar-refractivity contribution in [2.24, 2.45) is 17.1 Å². The van der Waals surface area contributed by atoms with E-state index in [0.29, 0.717) is 12.5 Å². The lowest BCUT2D eigenvalue weighted by Gasteiger charge is -2.37. The van der Waals surface area contributed by atoms with Crippen LogP contribution in [0.4, 0.5) is 0 Å². The number of carbonyl (C=O) groups excluding carboxylic acids is 1. The van der Waals surface area contributed by atoms with E-state index in [1.807, 2.05) is 0 Å². The van der Waals surface area contributed by atoms with E-state index in [9.17, 15) is 4.79 Å². The summed E-state index contributed by atoms with van der Waals surface area (Å²) >= 11 is 0. The summed E-state index contributed by atoms with van der Waals surface area (Å²) in [5.74, 6) is 0.551. The number of ether oxygens (including phenoxy) is 1. The maximum Gasteiger partial charge on any atom is 0.236 e. The van der Waals surface area contributed by atoms with Gasteiger partial charge in [-0.3, -0.25) is 4.79 Å². The largest absolute Gasteiger partial charge is 0.381 e. The molecule has 0 aromatic heterocycles. The molecule has 1 unspecified atom stereocenters. The predicted octanol–water partition coefficient (Wildman–Crippen LogP) is 0.903. The minimum absolute atomic E-state index is 0.0693. The summed E-state index contributed by atoms with van der Waals surface area (Å²) in [7, 11) is 0. The average Bonchev–Trinajstić information content (AvgIpc) is 2.27. The number of carbonyl (C=O) groups is 1. The molecule has 1 atom stereocenters. The summed E-state index contributed by atoms with van der Waals surface area (Å²) in [6.07, 6.45) is 2.17. The van der Waals surface area contributed by atoms with Crippen LogP contribution in [0.2, 0.25) is 0 Å². The first kappa shape index (κ1) is 13.5. The number of nitrogens with one attached hydrogen (secondary N) is 1. The highest BCUT2D eigenvalue weighted by molar-refractivity contribution is 5.80. The molecule has 1 rings (SSSR count). The van der Waals surface area contributed by atoms with E-state index in [-0.39, 0.29) is 11.3 Å². The maximum absolute atomic E-state index is 11.4. The lowest BCUT2D eigenvalue weighted by molar-refractivity contribution is -0.122. The zero-order valence-electron chi connectivity index (χ0n) is 10.6. The highest BCUT2D eigenvalue weighted by Crippen LogP contribution is 2.33. The zero-order valence-corrected chi connectivity index (χ0v) is 10.6. The van der Waals surface area contributed by atoms with E-state index in [1.54, 1.807) is 6.92 Å². The molecular formula is C12H24N2O2. The van der Waals surface area contributed by atoms with Crippen LogP contribution in [0.25, 0.3) is 0 Å². The lowest BCUT2D eigenvalue weighted by atomic mass is 9.74. The molecule has 4 heteroatoms. The number of amides is 1. The topological polar surface area (TPSA) is 64.4 Å². The molecule has 0 aromatic rings. The minimum Gasteiger partial charge on any atom is -0.381 e. The van der Waals surface area contributed by atoms with Gasteiger partial charge in [0, 0.05) is 19.8 Å². The summed E-state index contributed by atoms with van der Waals surface area (Å²) < 4.78 is 5.35. The molecule has 0 spiro atoms.